The van der Waals surface area contributed by atoms with Gasteiger partial charge in [-0.1, -0.05) is 75.6 Å². The minimum Gasteiger partial charge on any atom is -0.397 e. The summed E-state index contributed by atoms with van der Waals surface area (Å²) in [6.07, 6.45) is 0. The molecule has 5 rings (SSSR count). The summed E-state index contributed by atoms with van der Waals surface area (Å²) in [7, 11) is 0. The number of halogens is 2. The van der Waals surface area contributed by atoms with Gasteiger partial charge in [0.15, 0.2) is 0 Å². The molecule has 0 unspecified atom stereocenters. The Hall–Kier alpha value is -3.19. The smallest absolute Gasteiger partial charge is 0.267 e. The molecule has 7 heteroatoms. The molecule has 168 valence electrons. The van der Waals surface area contributed by atoms with Crippen LogP contribution in [0.4, 0.5) is 11.4 Å². The maximum absolute atomic E-state index is 13.2. The first-order valence-corrected chi connectivity index (χ1v) is 12.5. The summed E-state index contributed by atoms with van der Waals surface area (Å²) in [4.78, 5) is 19.1. The monoisotopic (exact) mass is 547 g/mol. The van der Waals surface area contributed by atoms with Crippen molar-refractivity contribution in [3.8, 4) is 22.4 Å². The van der Waals surface area contributed by atoms with Crippen LogP contribution in [0.25, 0.3) is 32.6 Å². The predicted molar refractivity (Wildman–Crippen MR) is 147 cm³/mol. The molecule has 1 amide bonds. The summed E-state index contributed by atoms with van der Waals surface area (Å²) < 4.78 is 0.934. The van der Waals surface area contributed by atoms with Crippen molar-refractivity contribution in [1.29, 1.82) is 0 Å². The van der Waals surface area contributed by atoms with Crippen LogP contribution in [-0.2, 0) is 0 Å². The van der Waals surface area contributed by atoms with Gasteiger partial charge in [0.25, 0.3) is 5.91 Å². The largest absolute Gasteiger partial charge is 0.397 e. The van der Waals surface area contributed by atoms with E-state index >= 15 is 0 Å². The molecular weight excluding hydrogens is 530 g/mol. The van der Waals surface area contributed by atoms with Gasteiger partial charge < -0.3 is 11.1 Å². The van der Waals surface area contributed by atoms with Gasteiger partial charge in [-0.25, -0.2) is 4.98 Å². The van der Waals surface area contributed by atoms with Crippen LogP contribution in [0.3, 0.4) is 0 Å². The standard InChI is InChI=1S/C27H19BrClN3OS/c1-15-6-8-16(9-7-15)22-14-20(19-4-2-3-5-21(19)29)23-24(30)25(34-27(23)32-22)26(33)31-18-12-10-17(28)11-13-18/h2-14H,30H2,1H3,(H,31,33). The number of benzene rings is 3. The molecule has 0 atom stereocenters. The van der Waals surface area contributed by atoms with E-state index in [0.29, 0.717) is 26.1 Å². The molecule has 0 aliphatic carbocycles. The first-order chi connectivity index (χ1) is 16.4. The van der Waals surface area contributed by atoms with E-state index in [1.165, 1.54) is 16.9 Å². The van der Waals surface area contributed by atoms with Crippen LogP contribution in [0.15, 0.2) is 83.3 Å². The second-order valence-electron chi connectivity index (χ2n) is 7.89. The molecule has 0 fully saturated rings. The van der Waals surface area contributed by atoms with Crippen LogP contribution in [0.2, 0.25) is 5.02 Å². The molecule has 5 aromatic rings. The number of carbonyl (C=O) groups excluding carboxylic acids is 1. The lowest BCUT2D eigenvalue weighted by molar-refractivity contribution is 0.103. The van der Waals surface area contributed by atoms with Crippen LogP contribution < -0.4 is 11.1 Å². The number of hydrogen-bond acceptors (Lipinski definition) is 4. The van der Waals surface area contributed by atoms with Crippen molar-refractivity contribution in [2.24, 2.45) is 0 Å². The summed E-state index contributed by atoms with van der Waals surface area (Å²) in [6, 6.07) is 25.2. The van der Waals surface area contributed by atoms with E-state index in [1.807, 2.05) is 73.7 Å². The van der Waals surface area contributed by atoms with E-state index in [4.69, 9.17) is 22.3 Å². The van der Waals surface area contributed by atoms with Gasteiger partial charge >= 0.3 is 0 Å². The molecule has 3 aromatic carbocycles. The van der Waals surface area contributed by atoms with E-state index in [1.54, 1.807) is 0 Å². The number of nitrogens with zero attached hydrogens (tertiary/aromatic N) is 1. The zero-order valence-corrected chi connectivity index (χ0v) is 21.3. The van der Waals surface area contributed by atoms with Gasteiger partial charge in [0.1, 0.15) is 9.71 Å². The molecule has 0 saturated carbocycles. The average Bonchev–Trinajstić information content (AvgIpc) is 3.17. The molecule has 0 bridgehead atoms. The number of carbonyl (C=O) groups is 1. The van der Waals surface area contributed by atoms with Crippen molar-refractivity contribution in [2.75, 3.05) is 11.1 Å². The second kappa shape index (κ2) is 9.22. The number of aryl methyl sites for hydroxylation is 1. The number of nitrogens with one attached hydrogen (secondary N) is 1. The van der Waals surface area contributed by atoms with Crippen LogP contribution in [0.1, 0.15) is 15.2 Å². The SMILES string of the molecule is Cc1ccc(-c2cc(-c3ccccc3Cl)c3c(N)c(C(=O)Nc4ccc(Br)cc4)sc3n2)cc1. The fourth-order valence-corrected chi connectivity index (χ4v) is 5.29. The highest BCUT2D eigenvalue weighted by molar-refractivity contribution is 9.10. The summed E-state index contributed by atoms with van der Waals surface area (Å²) in [5.74, 6) is -0.273. The number of amides is 1. The van der Waals surface area contributed by atoms with Crippen LogP contribution in [-0.4, -0.2) is 10.9 Å². The Kier molecular flexibility index (Phi) is 6.13. The normalized spacial score (nSPS) is 11.0. The third-order valence-electron chi connectivity index (χ3n) is 5.52. The number of nitrogens with two attached hydrogens (primary N) is 1. The number of nitrogen functional groups attached to an aromatic ring is 1. The van der Waals surface area contributed by atoms with Gasteiger partial charge in [-0.2, -0.15) is 0 Å². The summed E-state index contributed by atoms with van der Waals surface area (Å²) >= 11 is 11.3. The predicted octanol–water partition coefficient (Wildman–Crippen LogP) is 8.19. The lowest BCUT2D eigenvalue weighted by Gasteiger charge is -2.10. The van der Waals surface area contributed by atoms with Crippen molar-refractivity contribution in [1.82, 2.24) is 4.98 Å². The minimum atomic E-state index is -0.273. The fraction of sp³-hybridized carbons (Fsp3) is 0.0370. The van der Waals surface area contributed by atoms with E-state index in [-0.39, 0.29) is 5.91 Å². The van der Waals surface area contributed by atoms with Gasteiger partial charge in [0.05, 0.1) is 11.4 Å². The average molecular weight is 549 g/mol. The Bertz CT molecular complexity index is 1530. The number of aromatic nitrogens is 1. The number of pyridine rings is 1. The third-order valence-corrected chi connectivity index (χ3v) is 7.48. The topological polar surface area (TPSA) is 68.0 Å². The van der Waals surface area contributed by atoms with E-state index in [2.05, 4.69) is 33.4 Å². The quantitative estimate of drug-likeness (QED) is 0.238. The molecule has 0 saturated heterocycles. The first-order valence-electron chi connectivity index (χ1n) is 10.5. The number of hydrogen-bond donors (Lipinski definition) is 2. The Morgan fingerprint density at radius 3 is 2.41 bits per heavy atom. The van der Waals surface area contributed by atoms with Gasteiger partial charge in [-0.05, 0) is 48.9 Å². The molecule has 3 N–H and O–H groups in total. The highest BCUT2D eigenvalue weighted by Gasteiger charge is 2.22. The Morgan fingerprint density at radius 2 is 1.71 bits per heavy atom. The zero-order valence-electron chi connectivity index (χ0n) is 18.1. The molecule has 2 heterocycles. The maximum atomic E-state index is 13.2. The minimum absolute atomic E-state index is 0.273. The van der Waals surface area contributed by atoms with E-state index < -0.39 is 0 Å². The first kappa shape index (κ1) is 22.6. The molecule has 0 spiro atoms. The summed E-state index contributed by atoms with van der Waals surface area (Å²) in [6.45, 7) is 2.05. The van der Waals surface area contributed by atoms with Crippen molar-refractivity contribution in [2.45, 2.75) is 6.92 Å². The van der Waals surface area contributed by atoms with Gasteiger partial charge in [-0.15, -0.1) is 11.3 Å². The molecule has 0 aliphatic rings. The summed E-state index contributed by atoms with van der Waals surface area (Å²) in [5.41, 5.74) is 12.3. The van der Waals surface area contributed by atoms with Crippen molar-refractivity contribution < 1.29 is 4.79 Å². The molecule has 2 aromatic heterocycles. The number of fused-ring (bicyclic) bond motifs is 1. The van der Waals surface area contributed by atoms with Crippen LogP contribution >= 0.6 is 38.9 Å². The van der Waals surface area contributed by atoms with Crippen molar-refractivity contribution in [3.05, 3.63) is 98.8 Å². The maximum Gasteiger partial charge on any atom is 0.267 e. The lowest BCUT2D eigenvalue weighted by Crippen LogP contribution is -2.11. The lowest BCUT2D eigenvalue weighted by atomic mass is 9.99. The zero-order chi connectivity index (χ0) is 23.8. The summed E-state index contributed by atoms with van der Waals surface area (Å²) in [5, 5.41) is 4.27. The highest BCUT2D eigenvalue weighted by Crippen LogP contribution is 2.43. The second-order valence-corrected chi connectivity index (χ2v) is 10.2. The highest BCUT2D eigenvalue weighted by atomic mass is 79.9. The number of anilines is 2. The molecular formula is C27H19BrClN3OS. The van der Waals surface area contributed by atoms with Crippen molar-refractivity contribution >= 4 is 66.4 Å². The van der Waals surface area contributed by atoms with Gasteiger partial charge in [0, 0.05) is 31.7 Å². The van der Waals surface area contributed by atoms with Crippen molar-refractivity contribution in [3.63, 3.8) is 0 Å². The molecule has 4 nitrogen and oxygen atoms in total. The molecule has 0 radical (unpaired) electrons. The van der Waals surface area contributed by atoms with E-state index in [9.17, 15) is 4.79 Å². The van der Waals surface area contributed by atoms with Gasteiger partial charge in [0.2, 0.25) is 0 Å². The molecule has 34 heavy (non-hydrogen) atoms. The number of rotatable bonds is 4. The van der Waals surface area contributed by atoms with Crippen LogP contribution in [0.5, 0.6) is 0 Å². The van der Waals surface area contributed by atoms with Gasteiger partial charge in [-0.3, -0.25) is 4.79 Å². The third kappa shape index (κ3) is 4.32. The van der Waals surface area contributed by atoms with Crippen LogP contribution in [0, 0.1) is 6.92 Å². The van der Waals surface area contributed by atoms with E-state index in [0.717, 1.165) is 32.2 Å². The Morgan fingerprint density at radius 1 is 1.00 bits per heavy atom. The Balaban J connectivity index is 1.68. The fourth-order valence-electron chi connectivity index (χ4n) is 3.77. The number of thiophene rings is 1. The molecule has 0 aliphatic heterocycles. The Labute approximate surface area is 214 Å².